The Morgan fingerprint density at radius 2 is 0.785 bits per heavy atom. The lowest BCUT2D eigenvalue weighted by Crippen LogP contribution is -2.51. The summed E-state index contributed by atoms with van der Waals surface area (Å²) in [7, 11) is 0. The number of hydrogen-bond acceptors (Lipinski definition) is 19. The fourth-order valence-corrected chi connectivity index (χ4v) is 12.7. The number of aromatic hydroxyl groups is 3. The van der Waals surface area contributed by atoms with E-state index in [1.54, 1.807) is 23.1 Å². The van der Waals surface area contributed by atoms with Gasteiger partial charge in [-0.25, -0.2) is 4.79 Å². The van der Waals surface area contributed by atoms with Gasteiger partial charge in [0.1, 0.15) is 22.8 Å². The van der Waals surface area contributed by atoms with E-state index in [4.69, 9.17) is 95.2 Å². The SMILES string of the molecule is CC(C)(C)OC(=O)N1CCC(C#N)(CO)CC1.N#CC1(CO)CCN(Cc2cc(Cl)c(Cl)cc2O)CC1.N#CC1(CO)CCNCC1.O=C(N1CCCC1)C1(CO)CCN(Cc2cc(Cl)c(Cl)cc2O)CC1.O=C(O)C1(CO)CCN(Cc2cc(Cl)c(Cl)cc2O)CC1. The molecule has 3 aromatic rings. The predicted molar refractivity (Wildman–Crippen MR) is 355 cm³/mol. The molecule has 28 heteroatoms. The molecular formula is C65H89Cl6N9O13. The van der Waals surface area contributed by atoms with Gasteiger partial charge in [-0.3, -0.25) is 24.3 Å². The molecule has 0 saturated carbocycles. The summed E-state index contributed by atoms with van der Waals surface area (Å²) in [5, 5.41) is 118. The number of nitriles is 3. The monoisotopic (exact) mass is 1410 g/mol. The lowest BCUT2D eigenvalue weighted by molar-refractivity contribution is -0.155. The normalized spacial score (nSPS) is 19.9. The van der Waals surface area contributed by atoms with Crippen molar-refractivity contribution in [2.75, 3.05) is 112 Å². The van der Waals surface area contributed by atoms with Crippen LogP contribution in [0.15, 0.2) is 36.4 Å². The molecule has 514 valence electrons. The molecule has 0 aromatic heterocycles. The third kappa shape index (κ3) is 22.1. The fourth-order valence-electron chi connectivity index (χ4n) is 11.7. The minimum atomic E-state index is -1.05. The highest BCUT2D eigenvalue weighted by atomic mass is 35.5. The lowest BCUT2D eigenvalue weighted by Gasteiger charge is -2.41. The predicted octanol–water partition coefficient (Wildman–Crippen LogP) is 9.44. The van der Waals surface area contributed by atoms with Gasteiger partial charge in [0.2, 0.25) is 5.91 Å². The summed E-state index contributed by atoms with van der Waals surface area (Å²) in [6.45, 7) is 14.4. The van der Waals surface area contributed by atoms with Crippen molar-refractivity contribution in [3.05, 3.63) is 83.2 Å². The number of piperidine rings is 5. The number of hydrogen-bond donors (Lipinski definition) is 10. The van der Waals surface area contributed by atoms with E-state index in [9.17, 15) is 55.2 Å². The first-order valence-electron chi connectivity index (χ1n) is 31.1. The molecule has 0 spiro atoms. The van der Waals surface area contributed by atoms with Gasteiger partial charge in [0.05, 0.1) is 108 Å². The number of aliphatic hydroxyl groups excluding tert-OH is 5. The number of carboxylic acids is 1. The molecule has 6 aliphatic heterocycles. The van der Waals surface area contributed by atoms with Crippen LogP contribution in [0.25, 0.3) is 0 Å². The van der Waals surface area contributed by atoms with Gasteiger partial charge in [0, 0.05) is 93.8 Å². The molecule has 6 aliphatic rings. The standard InChI is InChI=1S/C18H24Cl2N2O3.C14H16Cl2N2O2.C14H17Cl2NO4.C12H20N2O3.C7H12N2O/c19-14-9-13(16(24)10-15(14)20)11-21-7-3-18(12-23,4-8-21)17(25)22-5-1-2-6-22;15-11-5-10(13(20)6-12(11)16)7-18-3-1-14(8-17,9-19)2-4-18;15-10-5-9(12(19)6-11(10)16)7-17-3-1-14(8-18,2-4-17)13(20)21;1-11(2,3)17-10(16)14-6-4-12(8-13,9-15)5-7-14;8-5-7(6-10)1-3-9-4-2-7/h9-10,23-24H,1-8,11-12H2;5-6,19-20H,1-4,7,9H2;5-6,18-19H,1-4,7-8H2,(H,20,21);15H,4-7,9H2,1-3H3;9-10H,1-4,6H2. The highest BCUT2D eigenvalue weighted by molar-refractivity contribution is 6.43. The molecule has 2 amide bonds. The van der Waals surface area contributed by atoms with Gasteiger partial charge in [-0.05, 0) is 155 Å². The average molecular weight is 1420 g/mol. The van der Waals surface area contributed by atoms with E-state index < -0.39 is 38.6 Å². The van der Waals surface area contributed by atoms with Crippen LogP contribution in [0, 0.1) is 61.1 Å². The molecule has 22 nitrogen and oxygen atoms in total. The van der Waals surface area contributed by atoms with Crippen LogP contribution >= 0.6 is 69.6 Å². The average Bonchev–Trinajstić information content (AvgIpc) is 1.93. The number of aliphatic carboxylic acids is 1. The number of carbonyl (C=O) groups excluding carboxylic acids is 2. The van der Waals surface area contributed by atoms with E-state index in [1.807, 2.05) is 30.6 Å². The zero-order valence-corrected chi connectivity index (χ0v) is 57.6. The summed E-state index contributed by atoms with van der Waals surface area (Å²) in [6, 6.07) is 15.8. The molecule has 10 N–H and O–H groups in total. The Morgan fingerprint density at radius 1 is 0.473 bits per heavy atom. The van der Waals surface area contributed by atoms with Gasteiger partial charge in [0.25, 0.3) is 0 Å². The van der Waals surface area contributed by atoms with E-state index in [0.717, 1.165) is 57.4 Å². The van der Waals surface area contributed by atoms with Crippen LogP contribution in [0.4, 0.5) is 4.79 Å². The van der Waals surface area contributed by atoms with E-state index in [1.165, 1.54) is 18.2 Å². The number of benzene rings is 3. The molecular weight excluding hydrogens is 1330 g/mol. The maximum atomic E-state index is 12.8. The number of phenols is 3. The third-order valence-corrected chi connectivity index (χ3v) is 20.6. The van der Waals surface area contributed by atoms with E-state index >= 15 is 0 Å². The summed E-state index contributed by atoms with van der Waals surface area (Å²) < 4.78 is 5.25. The van der Waals surface area contributed by atoms with Crippen LogP contribution in [-0.4, -0.2) is 206 Å². The molecule has 0 radical (unpaired) electrons. The molecule has 0 aliphatic carbocycles. The first kappa shape index (κ1) is 78.8. The van der Waals surface area contributed by atoms with E-state index in [-0.39, 0.29) is 62.3 Å². The number of rotatable bonds is 13. The quantitative estimate of drug-likeness (QED) is 0.0761. The third-order valence-electron chi connectivity index (χ3n) is 18.4. The second kappa shape index (κ2) is 35.9. The van der Waals surface area contributed by atoms with Crippen LogP contribution < -0.4 is 5.32 Å². The summed E-state index contributed by atoms with van der Waals surface area (Å²) in [5.41, 5.74) is -1.85. The lowest BCUT2D eigenvalue weighted by atomic mass is 9.77. The zero-order chi connectivity index (χ0) is 69.0. The summed E-state index contributed by atoms with van der Waals surface area (Å²) in [6.07, 6.45) is 7.57. The van der Waals surface area contributed by atoms with Crippen LogP contribution in [-0.2, 0) is 34.0 Å². The van der Waals surface area contributed by atoms with Crippen LogP contribution in [0.2, 0.25) is 30.1 Å². The first-order chi connectivity index (χ1) is 44.0. The molecule has 0 bridgehead atoms. The van der Waals surface area contributed by atoms with E-state index in [0.29, 0.717) is 165 Å². The Balaban J connectivity index is 0.000000216. The Morgan fingerprint density at radius 3 is 1.09 bits per heavy atom. The number of likely N-dealkylation sites (tertiary alicyclic amines) is 5. The van der Waals surface area contributed by atoms with Crippen molar-refractivity contribution in [1.82, 2.24) is 29.8 Å². The second-order valence-corrected chi connectivity index (χ2v) is 28.5. The van der Waals surface area contributed by atoms with Crippen molar-refractivity contribution in [3.8, 4) is 35.5 Å². The van der Waals surface area contributed by atoms with Crippen LogP contribution in [0.5, 0.6) is 17.2 Å². The fraction of sp³-hybridized carbons (Fsp3) is 0.631. The molecule has 6 fully saturated rings. The minimum Gasteiger partial charge on any atom is -0.508 e. The molecule has 3 aromatic carbocycles. The van der Waals surface area contributed by atoms with Crippen LogP contribution in [0.1, 0.15) is 115 Å². The van der Waals surface area contributed by atoms with Gasteiger partial charge in [-0.2, -0.15) is 15.8 Å². The highest BCUT2D eigenvalue weighted by Crippen LogP contribution is 2.40. The Bertz CT molecular complexity index is 3100. The van der Waals surface area contributed by atoms with Gasteiger partial charge in [-0.15, -0.1) is 0 Å². The van der Waals surface area contributed by atoms with Crippen LogP contribution in [0.3, 0.4) is 0 Å². The summed E-state index contributed by atoms with van der Waals surface area (Å²) >= 11 is 35.5. The smallest absolute Gasteiger partial charge is 0.410 e. The van der Waals surface area contributed by atoms with Crippen molar-refractivity contribution in [2.24, 2.45) is 27.1 Å². The molecule has 93 heavy (non-hydrogen) atoms. The summed E-state index contributed by atoms with van der Waals surface area (Å²) in [4.78, 5) is 45.7. The first-order valence-corrected chi connectivity index (χ1v) is 33.4. The number of halogens is 6. The van der Waals surface area contributed by atoms with Gasteiger partial charge < -0.3 is 65.8 Å². The highest BCUT2D eigenvalue weighted by Gasteiger charge is 2.45. The van der Waals surface area contributed by atoms with Crippen molar-refractivity contribution >= 4 is 87.6 Å². The molecule has 9 rings (SSSR count). The van der Waals surface area contributed by atoms with Gasteiger partial charge in [-0.1, -0.05) is 69.6 Å². The number of nitrogens with zero attached hydrogens (tertiary/aromatic N) is 8. The van der Waals surface area contributed by atoms with Crippen molar-refractivity contribution in [3.63, 3.8) is 0 Å². The Labute approximate surface area is 575 Å². The van der Waals surface area contributed by atoms with Gasteiger partial charge >= 0.3 is 12.1 Å². The topological polar surface area (TPSA) is 342 Å². The molecule has 0 atom stereocenters. The van der Waals surface area contributed by atoms with Crippen molar-refractivity contribution in [2.45, 2.75) is 123 Å². The molecule has 6 heterocycles. The Hall–Kier alpha value is -4.88. The zero-order valence-electron chi connectivity index (χ0n) is 53.1. The largest absolute Gasteiger partial charge is 0.508 e. The number of aliphatic hydroxyl groups is 5. The number of carbonyl (C=O) groups is 3. The minimum absolute atomic E-state index is 0.00514. The summed E-state index contributed by atoms with van der Waals surface area (Å²) in [5.74, 6) is -0.534. The maximum Gasteiger partial charge on any atom is 0.410 e. The number of ether oxygens (including phenoxy) is 1. The van der Waals surface area contributed by atoms with Crippen molar-refractivity contribution < 1.29 is 65.1 Å². The number of carboxylic acid groups (broad SMARTS) is 1. The second-order valence-electron chi connectivity index (χ2n) is 26.1. The van der Waals surface area contributed by atoms with Crippen molar-refractivity contribution in [1.29, 1.82) is 15.8 Å². The Kier molecular flexibility index (Phi) is 30.4. The van der Waals surface area contributed by atoms with Gasteiger partial charge in [0.15, 0.2) is 0 Å². The maximum absolute atomic E-state index is 12.8. The van der Waals surface area contributed by atoms with E-state index in [2.05, 4.69) is 33.3 Å². The number of phenolic OH excluding ortho intramolecular Hbond substituents is 3. The number of nitrogens with one attached hydrogen (secondary N) is 1. The molecule has 6 saturated heterocycles. The number of amides is 2. The molecule has 0 unspecified atom stereocenters.